The number of fused-ring (bicyclic) bond motifs is 1. The van der Waals surface area contributed by atoms with Gasteiger partial charge >= 0.3 is 0 Å². The van der Waals surface area contributed by atoms with E-state index in [1.54, 1.807) is 17.1 Å². The van der Waals surface area contributed by atoms with Crippen LogP contribution < -0.4 is 5.32 Å². The first-order valence-corrected chi connectivity index (χ1v) is 8.44. The summed E-state index contributed by atoms with van der Waals surface area (Å²) in [7, 11) is 0. The zero-order chi connectivity index (χ0) is 16.4. The Bertz CT molecular complexity index is 830. The second-order valence-corrected chi connectivity index (χ2v) is 6.38. The second kappa shape index (κ2) is 6.75. The molecule has 0 spiro atoms. The molecule has 1 N–H and O–H groups in total. The summed E-state index contributed by atoms with van der Waals surface area (Å²) in [5.74, 6) is 1.99. The summed E-state index contributed by atoms with van der Waals surface area (Å²) in [5, 5.41) is 5.09. The van der Waals surface area contributed by atoms with Gasteiger partial charge in [-0.2, -0.15) is 4.98 Å². The maximum absolute atomic E-state index is 6.16. The molecule has 1 aromatic carbocycles. The zero-order valence-corrected chi connectivity index (χ0v) is 13.9. The van der Waals surface area contributed by atoms with Crippen LogP contribution in [0.25, 0.3) is 16.9 Å². The lowest BCUT2D eigenvalue weighted by Gasteiger charge is -2.22. The summed E-state index contributed by atoms with van der Waals surface area (Å²) in [5.41, 5.74) is 0.854. The molecule has 3 aromatic rings. The first-order chi connectivity index (χ1) is 11.8. The van der Waals surface area contributed by atoms with Gasteiger partial charge in [-0.25, -0.2) is 9.97 Å². The Morgan fingerprint density at radius 2 is 2.12 bits per heavy atom. The van der Waals surface area contributed by atoms with Crippen molar-refractivity contribution in [1.82, 2.24) is 19.5 Å². The van der Waals surface area contributed by atoms with Crippen molar-refractivity contribution in [2.75, 3.05) is 25.1 Å². The van der Waals surface area contributed by atoms with E-state index in [0.29, 0.717) is 16.9 Å². The molecule has 3 heterocycles. The predicted molar refractivity (Wildman–Crippen MR) is 93.7 cm³/mol. The van der Waals surface area contributed by atoms with Crippen LogP contribution in [-0.4, -0.2) is 39.3 Å². The molecule has 0 bridgehead atoms. The largest absolute Gasteiger partial charge is 0.381 e. The Balaban J connectivity index is 1.69. The van der Waals surface area contributed by atoms with Crippen molar-refractivity contribution in [3.63, 3.8) is 0 Å². The highest BCUT2D eigenvalue weighted by molar-refractivity contribution is 6.31. The Morgan fingerprint density at radius 1 is 1.25 bits per heavy atom. The van der Waals surface area contributed by atoms with Crippen molar-refractivity contribution < 1.29 is 4.74 Å². The van der Waals surface area contributed by atoms with Gasteiger partial charge in [-0.1, -0.05) is 11.6 Å². The average Bonchev–Trinajstić information content (AvgIpc) is 3.15. The lowest BCUT2D eigenvalue weighted by Crippen LogP contribution is -2.23. The van der Waals surface area contributed by atoms with Crippen molar-refractivity contribution in [2.24, 2.45) is 5.92 Å². The minimum atomic E-state index is 0.594. The Labute approximate surface area is 144 Å². The summed E-state index contributed by atoms with van der Waals surface area (Å²) in [6.07, 6.45) is 7.39. The number of aromatic nitrogens is 4. The van der Waals surface area contributed by atoms with Gasteiger partial charge in [0.05, 0.1) is 5.52 Å². The van der Waals surface area contributed by atoms with Crippen LogP contribution in [0.3, 0.4) is 0 Å². The molecule has 2 aromatic heterocycles. The normalized spacial score (nSPS) is 15.7. The molecular formula is C17H18ClN5O. The van der Waals surface area contributed by atoms with Gasteiger partial charge in [-0.15, -0.1) is 0 Å². The maximum atomic E-state index is 6.16. The maximum Gasteiger partial charge on any atom is 0.237 e. The van der Waals surface area contributed by atoms with Crippen LogP contribution in [0.5, 0.6) is 0 Å². The molecule has 0 radical (unpaired) electrons. The fourth-order valence-corrected chi connectivity index (χ4v) is 3.08. The van der Waals surface area contributed by atoms with Crippen molar-refractivity contribution in [2.45, 2.75) is 12.8 Å². The van der Waals surface area contributed by atoms with E-state index in [1.165, 1.54) is 0 Å². The molecule has 24 heavy (non-hydrogen) atoms. The first kappa shape index (κ1) is 15.4. The average molecular weight is 344 g/mol. The van der Waals surface area contributed by atoms with Crippen LogP contribution in [0.1, 0.15) is 12.8 Å². The van der Waals surface area contributed by atoms with Crippen LogP contribution in [-0.2, 0) is 4.74 Å². The molecule has 0 aliphatic carbocycles. The third-order valence-electron chi connectivity index (χ3n) is 4.28. The van der Waals surface area contributed by atoms with Crippen LogP contribution in [0.2, 0.25) is 5.02 Å². The summed E-state index contributed by atoms with van der Waals surface area (Å²) in [6.45, 7) is 2.54. The summed E-state index contributed by atoms with van der Waals surface area (Å²) < 4.78 is 7.22. The number of rotatable bonds is 4. The molecule has 1 fully saturated rings. The Morgan fingerprint density at radius 3 is 2.92 bits per heavy atom. The van der Waals surface area contributed by atoms with E-state index < -0.39 is 0 Å². The second-order valence-electron chi connectivity index (χ2n) is 5.94. The molecular weight excluding hydrogens is 326 g/mol. The number of anilines is 1. The van der Waals surface area contributed by atoms with Gasteiger partial charge in [0, 0.05) is 42.6 Å². The zero-order valence-electron chi connectivity index (χ0n) is 13.2. The molecule has 6 nitrogen and oxygen atoms in total. The Kier molecular flexibility index (Phi) is 4.32. The van der Waals surface area contributed by atoms with E-state index in [4.69, 9.17) is 16.3 Å². The number of nitrogens with one attached hydrogen (secondary N) is 1. The molecule has 7 heteroatoms. The third kappa shape index (κ3) is 3.20. The van der Waals surface area contributed by atoms with Crippen LogP contribution in [0.15, 0.2) is 36.9 Å². The van der Waals surface area contributed by atoms with Crippen molar-refractivity contribution in [3.8, 4) is 5.95 Å². The van der Waals surface area contributed by atoms with Gasteiger partial charge in [0.15, 0.2) is 0 Å². The molecule has 0 atom stereocenters. The van der Waals surface area contributed by atoms with Crippen LogP contribution in [0.4, 0.5) is 5.82 Å². The molecule has 0 unspecified atom stereocenters. The number of nitrogens with zero attached hydrogens (tertiary/aromatic N) is 4. The highest BCUT2D eigenvalue weighted by Crippen LogP contribution is 2.26. The van der Waals surface area contributed by atoms with E-state index in [0.717, 1.165) is 49.3 Å². The minimum absolute atomic E-state index is 0.594. The van der Waals surface area contributed by atoms with E-state index in [2.05, 4.69) is 20.3 Å². The third-order valence-corrected chi connectivity index (χ3v) is 4.52. The summed E-state index contributed by atoms with van der Waals surface area (Å²) in [6, 6.07) is 5.66. The van der Waals surface area contributed by atoms with Crippen molar-refractivity contribution in [3.05, 3.63) is 41.9 Å². The van der Waals surface area contributed by atoms with E-state index >= 15 is 0 Å². The lowest BCUT2D eigenvalue weighted by atomic mass is 10.0. The monoisotopic (exact) mass is 343 g/mol. The number of ether oxygens (including phenoxy) is 1. The highest BCUT2D eigenvalue weighted by atomic mass is 35.5. The minimum Gasteiger partial charge on any atom is -0.381 e. The van der Waals surface area contributed by atoms with Crippen molar-refractivity contribution in [1.29, 1.82) is 0 Å². The lowest BCUT2D eigenvalue weighted by molar-refractivity contribution is 0.0699. The fraction of sp³-hybridized carbons (Fsp3) is 0.353. The highest BCUT2D eigenvalue weighted by Gasteiger charge is 2.15. The smallest absolute Gasteiger partial charge is 0.237 e. The van der Waals surface area contributed by atoms with Gasteiger partial charge in [-0.3, -0.25) is 4.57 Å². The number of benzene rings is 1. The number of imidazole rings is 1. The van der Waals surface area contributed by atoms with Gasteiger partial charge < -0.3 is 10.1 Å². The quantitative estimate of drug-likeness (QED) is 0.787. The fourth-order valence-electron chi connectivity index (χ4n) is 2.91. The molecule has 0 saturated carbocycles. The topological polar surface area (TPSA) is 64.9 Å². The van der Waals surface area contributed by atoms with Crippen molar-refractivity contribution >= 4 is 28.3 Å². The molecule has 124 valence electrons. The predicted octanol–water partition coefficient (Wildman–Crippen LogP) is 3.31. The van der Waals surface area contributed by atoms with Gasteiger partial charge in [0.2, 0.25) is 5.95 Å². The van der Waals surface area contributed by atoms with Gasteiger partial charge in [-0.05, 0) is 37.0 Å². The standard InChI is InChI=1S/C17H18ClN5O/c18-13-1-2-15-14(9-13)16(20-10-12-3-7-24-8-4-12)22-17(21-15)23-6-5-19-11-23/h1-2,5-6,9,11-12H,3-4,7-8,10H2,(H,20,21,22). The molecule has 1 saturated heterocycles. The number of hydrogen-bond acceptors (Lipinski definition) is 5. The van der Waals surface area contributed by atoms with E-state index in [-0.39, 0.29) is 0 Å². The Hall–Kier alpha value is -2.18. The van der Waals surface area contributed by atoms with Crippen LogP contribution in [0, 0.1) is 5.92 Å². The van der Waals surface area contributed by atoms with Crippen LogP contribution >= 0.6 is 11.6 Å². The number of hydrogen-bond donors (Lipinski definition) is 1. The van der Waals surface area contributed by atoms with E-state index in [1.807, 2.05) is 24.4 Å². The summed E-state index contributed by atoms with van der Waals surface area (Å²) in [4.78, 5) is 13.4. The number of halogens is 1. The van der Waals surface area contributed by atoms with Gasteiger partial charge in [0.25, 0.3) is 0 Å². The van der Waals surface area contributed by atoms with E-state index in [9.17, 15) is 0 Å². The first-order valence-electron chi connectivity index (χ1n) is 8.07. The molecule has 0 amide bonds. The molecule has 1 aliphatic rings. The molecule has 4 rings (SSSR count). The summed E-state index contributed by atoms with van der Waals surface area (Å²) >= 11 is 6.16. The molecule has 1 aliphatic heterocycles. The van der Waals surface area contributed by atoms with Gasteiger partial charge in [0.1, 0.15) is 12.1 Å². The SMILES string of the molecule is Clc1ccc2nc(-n3ccnc3)nc(NCC3CCOCC3)c2c1.